The van der Waals surface area contributed by atoms with Crippen LogP contribution in [-0.2, 0) is 16.4 Å². The Kier molecular flexibility index (Phi) is 6.40. The van der Waals surface area contributed by atoms with Crippen LogP contribution in [0.15, 0.2) is 52.9 Å². The molecule has 3 aromatic rings. The van der Waals surface area contributed by atoms with Crippen molar-refractivity contribution in [3.63, 3.8) is 0 Å². The maximum absolute atomic E-state index is 12.3. The standard InChI is InChI=1S/C18H17ClN4O3S2/c1-12-2-6-14(7-3-12)16(24)21-17-22-23-18(27-17)28(25,26)20-11-10-13-4-8-15(19)9-5-13/h2-9,20H,10-11H2,1H3,(H,21,22,24). The molecular formula is C18H17ClN4O3S2. The van der Waals surface area contributed by atoms with Gasteiger partial charge in [0.1, 0.15) is 0 Å². The van der Waals surface area contributed by atoms with Gasteiger partial charge >= 0.3 is 0 Å². The molecule has 10 heteroatoms. The molecule has 0 atom stereocenters. The van der Waals surface area contributed by atoms with E-state index in [1.807, 2.05) is 31.2 Å². The fraction of sp³-hybridized carbons (Fsp3) is 0.167. The molecule has 1 amide bonds. The molecule has 7 nitrogen and oxygen atoms in total. The molecule has 0 aliphatic rings. The number of aryl methyl sites for hydroxylation is 1. The SMILES string of the molecule is Cc1ccc(C(=O)Nc2nnc(S(=O)(=O)NCCc3ccc(Cl)cc3)s2)cc1. The number of sulfonamides is 1. The largest absolute Gasteiger partial charge is 0.296 e. The Bertz CT molecular complexity index is 1060. The summed E-state index contributed by atoms with van der Waals surface area (Å²) in [5.41, 5.74) is 2.44. The van der Waals surface area contributed by atoms with Gasteiger partial charge in [-0.3, -0.25) is 10.1 Å². The normalized spacial score (nSPS) is 11.4. The zero-order valence-corrected chi connectivity index (χ0v) is 17.2. The summed E-state index contributed by atoms with van der Waals surface area (Å²) < 4.78 is 27.0. The number of rotatable bonds is 7. The van der Waals surface area contributed by atoms with Gasteiger partial charge in [-0.25, -0.2) is 13.1 Å². The van der Waals surface area contributed by atoms with Gasteiger partial charge in [-0.15, -0.1) is 10.2 Å². The van der Waals surface area contributed by atoms with Crippen molar-refractivity contribution >= 4 is 44.0 Å². The first kappa shape index (κ1) is 20.4. The van der Waals surface area contributed by atoms with Crippen LogP contribution in [0.25, 0.3) is 0 Å². The van der Waals surface area contributed by atoms with Crippen molar-refractivity contribution in [3.05, 3.63) is 70.2 Å². The number of carbonyl (C=O) groups is 1. The van der Waals surface area contributed by atoms with Crippen molar-refractivity contribution in [2.75, 3.05) is 11.9 Å². The van der Waals surface area contributed by atoms with E-state index in [0.29, 0.717) is 17.0 Å². The number of halogens is 1. The minimum atomic E-state index is -3.81. The van der Waals surface area contributed by atoms with Crippen LogP contribution >= 0.6 is 22.9 Å². The topological polar surface area (TPSA) is 101 Å². The molecule has 0 spiro atoms. The molecule has 146 valence electrons. The van der Waals surface area contributed by atoms with Crippen LogP contribution < -0.4 is 10.0 Å². The van der Waals surface area contributed by atoms with Gasteiger partial charge in [0.05, 0.1) is 0 Å². The van der Waals surface area contributed by atoms with Crippen LogP contribution in [0.4, 0.5) is 5.13 Å². The molecule has 0 bridgehead atoms. The van der Waals surface area contributed by atoms with Gasteiger partial charge in [-0.1, -0.05) is 52.8 Å². The monoisotopic (exact) mass is 436 g/mol. The minimum Gasteiger partial charge on any atom is -0.296 e. The number of nitrogens with zero attached hydrogens (tertiary/aromatic N) is 2. The fourth-order valence-corrected chi connectivity index (χ4v) is 4.38. The Morgan fingerprint density at radius 3 is 2.43 bits per heavy atom. The molecule has 2 N–H and O–H groups in total. The maximum atomic E-state index is 12.3. The van der Waals surface area contributed by atoms with E-state index in [-0.39, 0.29) is 21.9 Å². The maximum Gasteiger partial charge on any atom is 0.269 e. The van der Waals surface area contributed by atoms with E-state index >= 15 is 0 Å². The van der Waals surface area contributed by atoms with E-state index in [0.717, 1.165) is 22.5 Å². The second-order valence-corrected chi connectivity index (χ2v) is 9.32. The van der Waals surface area contributed by atoms with Crippen LogP contribution in [0.5, 0.6) is 0 Å². The molecule has 0 saturated heterocycles. The predicted octanol–water partition coefficient (Wildman–Crippen LogP) is 3.27. The van der Waals surface area contributed by atoms with Crippen LogP contribution in [-0.4, -0.2) is 31.1 Å². The lowest BCUT2D eigenvalue weighted by atomic mass is 10.1. The second-order valence-electron chi connectivity index (χ2n) is 5.97. The number of aromatic nitrogens is 2. The first-order valence-corrected chi connectivity index (χ1v) is 11.0. The number of nitrogens with one attached hydrogen (secondary N) is 2. The third-order valence-electron chi connectivity index (χ3n) is 3.79. The summed E-state index contributed by atoms with van der Waals surface area (Å²) in [6.07, 6.45) is 0.506. The molecule has 0 saturated carbocycles. The van der Waals surface area contributed by atoms with E-state index in [4.69, 9.17) is 11.6 Å². The molecule has 0 unspecified atom stereocenters. The fourth-order valence-electron chi connectivity index (χ4n) is 2.29. The van der Waals surface area contributed by atoms with Gasteiger partial charge in [-0.05, 0) is 43.2 Å². The molecule has 0 radical (unpaired) electrons. The average Bonchev–Trinajstić information content (AvgIpc) is 3.13. The highest BCUT2D eigenvalue weighted by atomic mass is 35.5. The molecule has 1 aromatic heterocycles. The van der Waals surface area contributed by atoms with Crippen LogP contribution in [0.1, 0.15) is 21.5 Å². The van der Waals surface area contributed by atoms with Crippen molar-refractivity contribution in [1.29, 1.82) is 0 Å². The summed E-state index contributed by atoms with van der Waals surface area (Å²) in [6.45, 7) is 2.12. The summed E-state index contributed by atoms with van der Waals surface area (Å²) >= 11 is 6.62. The minimum absolute atomic E-state index is 0.114. The Balaban J connectivity index is 1.59. The molecule has 28 heavy (non-hydrogen) atoms. The van der Waals surface area contributed by atoms with Gasteiger partial charge in [0.2, 0.25) is 9.47 Å². The zero-order chi connectivity index (χ0) is 20.1. The highest BCUT2D eigenvalue weighted by Gasteiger charge is 2.20. The average molecular weight is 437 g/mol. The highest BCUT2D eigenvalue weighted by molar-refractivity contribution is 7.91. The number of carbonyl (C=O) groups excluding carboxylic acids is 1. The number of amides is 1. The smallest absolute Gasteiger partial charge is 0.269 e. The lowest BCUT2D eigenvalue weighted by Gasteiger charge is -2.04. The molecule has 0 fully saturated rings. The number of hydrogen-bond acceptors (Lipinski definition) is 6. The first-order valence-electron chi connectivity index (χ1n) is 8.29. The second kappa shape index (κ2) is 8.78. The van der Waals surface area contributed by atoms with Gasteiger partial charge < -0.3 is 0 Å². The van der Waals surface area contributed by atoms with Crippen molar-refractivity contribution in [3.8, 4) is 0 Å². The molecule has 2 aromatic carbocycles. The third-order valence-corrected chi connectivity index (χ3v) is 6.71. The molecule has 3 rings (SSSR count). The van der Waals surface area contributed by atoms with Crippen LogP contribution in [0.2, 0.25) is 5.02 Å². The first-order chi connectivity index (χ1) is 13.3. The van der Waals surface area contributed by atoms with Crippen molar-refractivity contribution in [1.82, 2.24) is 14.9 Å². The molecule has 0 aliphatic heterocycles. The van der Waals surface area contributed by atoms with Gasteiger partial charge in [0, 0.05) is 17.1 Å². The lowest BCUT2D eigenvalue weighted by molar-refractivity contribution is 0.102. The number of anilines is 1. The zero-order valence-electron chi connectivity index (χ0n) is 14.8. The Hall–Kier alpha value is -2.33. The van der Waals surface area contributed by atoms with Crippen molar-refractivity contribution in [2.24, 2.45) is 0 Å². The Morgan fingerprint density at radius 2 is 1.75 bits per heavy atom. The van der Waals surface area contributed by atoms with E-state index in [1.165, 1.54) is 0 Å². The van der Waals surface area contributed by atoms with Crippen molar-refractivity contribution in [2.45, 2.75) is 17.7 Å². The number of hydrogen-bond donors (Lipinski definition) is 2. The quantitative estimate of drug-likeness (QED) is 0.553. The van der Waals surface area contributed by atoms with E-state index in [1.54, 1.807) is 24.3 Å². The van der Waals surface area contributed by atoms with Gasteiger partial charge in [0.15, 0.2) is 0 Å². The van der Waals surface area contributed by atoms with E-state index in [9.17, 15) is 13.2 Å². The van der Waals surface area contributed by atoms with Gasteiger partial charge in [-0.2, -0.15) is 0 Å². The Labute approximate surface area is 171 Å². The summed E-state index contributed by atoms with van der Waals surface area (Å²) in [4.78, 5) is 12.2. The third kappa shape index (κ3) is 5.35. The summed E-state index contributed by atoms with van der Waals surface area (Å²) in [5.74, 6) is -0.379. The van der Waals surface area contributed by atoms with Gasteiger partial charge in [0.25, 0.3) is 15.9 Å². The summed E-state index contributed by atoms with van der Waals surface area (Å²) in [6, 6.07) is 14.2. The molecular weight excluding hydrogens is 420 g/mol. The van der Waals surface area contributed by atoms with E-state index < -0.39 is 10.0 Å². The van der Waals surface area contributed by atoms with Crippen LogP contribution in [0, 0.1) is 6.92 Å². The number of benzene rings is 2. The molecule has 1 heterocycles. The summed E-state index contributed by atoms with van der Waals surface area (Å²) in [5, 5.41) is 10.7. The van der Waals surface area contributed by atoms with Crippen LogP contribution in [0.3, 0.4) is 0 Å². The predicted molar refractivity (Wildman–Crippen MR) is 109 cm³/mol. The Morgan fingerprint density at radius 1 is 1.07 bits per heavy atom. The van der Waals surface area contributed by atoms with E-state index in [2.05, 4.69) is 20.2 Å². The van der Waals surface area contributed by atoms with Crippen molar-refractivity contribution < 1.29 is 13.2 Å². The lowest BCUT2D eigenvalue weighted by Crippen LogP contribution is -2.25. The summed E-state index contributed by atoms with van der Waals surface area (Å²) in [7, 11) is -3.81. The highest BCUT2D eigenvalue weighted by Crippen LogP contribution is 2.20. The molecule has 0 aliphatic carbocycles.